The number of rotatable bonds is 6. The Balaban J connectivity index is 2.33. The second kappa shape index (κ2) is 8.73. The molecule has 1 unspecified atom stereocenters. The van der Waals surface area contributed by atoms with Gasteiger partial charge in [-0.15, -0.1) is 0 Å². The number of nitrogens with one attached hydrogen (secondary N) is 1. The van der Waals surface area contributed by atoms with Gasteiger partial charge in [0.25, 0.3) is 0 Å². The maximum atomic E-state index is 11.7. The monoisotopic (exact) mass is 313 g/mol. The molecule has 0 spiro atoms. The van der Waals surface area contributed by atoms with Gasteiger partial charge >= 0.3 is 6.09 Å². The fourth-order valence-corrected chi connectivity index (χ4v) is 3.09. The molecule has 1 rings (SSSR count). The maximum absolute atomic E-state index is 11.7. The lowest BCUT2D eigenvalue weighted by atomic mass is 9.86. The summed E-state index contributed by atoms with van der Waals surface area (Å²) in [4.78, 5) is 14.1. The zero-order valence-corrected chi connectivity index (χ0v) is 15.0. The van der Waals surface area contributed by atoms with Gasteiger partial charge in [0.2, 0.25) is 0 Å². The molecule has 22 heavy (non-hydrogen) atoms. The van der Waals surface area contributed by atoms with Crippen molar-refractivity contribution in [3.63, 3.8) is 0 Å². The SMILES string of the molecule is CC1CCC(N(C)C(CN)CCNC(=O)OC(C)(C)C)CC1. The predicted octanol–water partition coefficient (Wildman–Crippen LogP) is 2.74. The molecule has 0 bridgehead atoms. The highest BCUT2D eigenvalue weighted by molar-refractivity contribution is 5.67. The zero-order valence-electron chi connectivity index (χ0n) is 15.0. The first-order chi connectivity index (χ1) is 10.2. The van der Waals surface area contributed by atoms with Crippen LogP contribution in [0.4, 0.5) is 4.79 Å². The molecule has 1 atom stereocenters. The topological polar surface area (TPSA) is 67.6 Å². The number of hydrogen-bond acceptors (Lipinski definition) is 4. The molecule has 0 aromatic heterocycles. The summed E-state index contributed by atoms with van der Waals surface area (Å²) >= 11 is 0. The van der Waals surface area contributed by atoms with E-state index in [0.717, 1.165) is 12.3 Å². The molecule has 130 valence electrons. The minimum absolute atomic E-state index is 0.313. The van der Waals surface area contributed by atoms with Crippen LogP contribution in [0.5, 0.6) is 0 Å². The second-order valence-corrected chi connectivity index (χ2v) is 7.69. The van der Waals surface area contributed by atoms with Crippen LogP contribution >= 0.6 is 0 Å². The van der Waals surface area contributed by atoms with Crippen LogP contribution in [0.25, 0.3) is 0 Å². The summed E-state index contributed by atoms with van der Waals surface area (Å²) in [5.41, 5.74) is 5.49. The summed E-state index contributed by atoms with van der Waals surface area (Å²) in [6.45, 7) is 9.16. The Labute approximate surface area is 135 Å². The third-order valence-electron chi connectivity index (χ3n) is 4.56. The quantitative estimate of drug-likeness (QED) is 0.791. The molecule has 0 aromatic rings. The molecule has 1 amide bonds. The molecule has 3 N–H and O–H groups in total. The van der Waals surface area contributed by atoms with Crippen molar-refractivity contribution in [3.05, 3.63) is 0 Å². The van der Waals surface area contributed by atoms with Crippen molar-refractivity contribution in [2.75, 3.05) is 20.1 Å². The Hall–Kier alpha value is -0.810. The molecule has 0 radical (unpaired) electrons. The van der Waals surface area contributed by atoms with E-state index in [1.807, 2.05) is 20.8 Å². The first-order valence-corrected chi connectivity index (χ1v) is 8.61. The average molecular weight is 313 g/mol. The molecule has 0 heterocycles. The molecule has 1 fully saturated rings. The zero-order chi connectivity index (χ0) is 16.8. The third kappa shape index (κ3) is 6.97. The lowest BCUT2D eigenvalue weighted by molar-refractivity contribution is 0.0518. The number of carbonyl (C=O) groups excluding carboxylic acids is 1. The standard InChI is InChI=1S/C17H35N3O2/c1-13-6-8-14(9-7-13)20(5)15(12-18)10-11-19-16(21)22-17(2,3)4/h13-15H,6-12,18H2,1-5H3,(H,19,21). The molecule has 5 nitrogen and oxygen atoms in total. The summed E-state index contributed by atoms with van der Waals surface area (Å²) in [6.07, 6.45) is 5.64. The number of carbonyl (C=O) groups is 1. The van der Waals surface area contributed by atoms with Crippen LogP contribution in [0.15, 0.2) is 0 Å². The van der Waals surface area contributed by atoms with Crippen molar-refractivity contribution in [2.45, 2.75) is 77.5 Å². The van der Waals surface area contributed by atoms with Crippen LogP contribution in [0.1, 0.15) is 59.8 Å². The molecular weight excluding hydrogens is 278 g/mol. The van der Waals surface area contributed by atoms with Gasteiger partial charge in [-0.2, -0.15) is 0 Å². The molecule has 5 heteroatoms. The Morgan fingerprint density at radius 3 is 2.41 bits per heavy atom. The van der Waals surface area contributed by atoms with Crippen molar-refractivity contribution in [3.8, 4) is 0 Å². The van der Waals surface area contributed by atoms with Gasteiger partial charge in [-0.3, -0.25) is 4.90 Å². The Morgan fingerprint density at radius 2 is 1.91 bits per heavy atom. The summed E-state index contributed by atoms with van der Waals surface area (Å²) in [7, 11) is 2.17. The normalized spacial score (nSPS) is 24.1. The number of ether oxygens (including phenoxy) is 1. The van der Waals surface area contributed by atoms with Crippen LogP contribution < -0.4 is 11.1 Å². The lowest BCUT2D eigenvalue weighted by Crippen LogP contribution is -2.47. The van der Waals surface area contributed by atoms with Crippen LogP contribution in [0.3, 0.4) is 0 Å². The molecule has 0 aliphatic heterocycles. The number of amides is 1. The summed E-state index contributed by atoms with van der Waals surface area (Å²) in [5.74, 6) is 0.856. The van der Waals surface area contributed by atoms with Crippen molar-refractivity contribution in [1.82, 2.24) is 10.2 Å². The Morgan fingerprint density at radius 1 is 1.32 bits per heavy atom. The Kier molecular flexibility index (Phi) is 7.63. The Bertz CT molecular complexity index is 333. The van der Waals surface area contributed by atoms with Crippen LogP contribution in [0.2, 0.25) is 0 Å². The predicted molar refractivity (Wildman–Crippen MR) is 90.9 cm³/mol. The number of likely N-dealkylation sites (N-methyl/N-ethyl adjacent to an activating group) is 1. The highest BCUT2D eigenvalue weighted by atomic mass is 16.6. The first kappa shape index (κ1) is 19.2. The maximum Gasteiger partial charge on any atom is 0.407 e. The van der Waals surface area contributed by atoms with Gasteiger partial charge < -0.3 is 15.8 Å². The number of hydrogen-bond donors (Lipinski definition) is 2. The van der Waals surface area contributed by atoms with Crippen molar-refractivity contribution < 1.29 is 9.53 Å². The van der Waals surface area contributed by atoms with E-state index >= 15 is 0 Å². The van der Waals surface area contributed by atoms with E-state index in [0.29, 0.717) is 25.2 Å². The van der Waals surface area contributed by atoms with Gasteiger partial charge in [-0.25, -0.2) is 4.79 Å². The first-order valence-electron chi connectivity index (χ1n) is 8.61. The fraction of sp³-hybridized carbons (Fsp3) is 0.941. The molecule has 0 saturated heterocycles. The summed E-state index contributed by atoms with van der Waals surface area (Å²) in [5, 5.41) is 2.83. The minimum atomic E-state index is -0.451. The van der Waals surface area contributed by atoms with E-state index in [1.54, 1.807) is 0 Å². The molecule has 1 aliphatic rings. The third-order valence-corrected chi connectivity index (χ3v) is 4.56. The van der Waals surface area contributed by atoms with E-state index in [1.165, 1.54) is 25.7 Å². The minimum Gasteiger partial charge on any atom is -0.444 e. The lowest BCUT2D eigenvalue weighted by Gasteiger charge is -2.38. The molecule has 0 aromatic carbocycles. The van der Waals surface area contributed by atoms with E-state index in [9.17, 15) is 4.79 Å². The molecular formula is C17H35N3O2. The van der Waals surface area contributed by atoms with Gasteiger partial charge in [-0.1, -0.05) is 6.92 Å². The van der Waals surface area contributed by atoms with Crippen LogP contribution in [-0.4, -0.2) is 48.8 Å². The van der Waals surface area contributed by atoms with Crippen molar-refractivity contribution >= 4 is 6.09 Å². The van der Waals surface area contributed by atoms with E-state index < -0.39 is 5.60 Å². The van der Waals surface area contributed by atoms with Gasteiger partial charge in [0, 0.05) is 25.2 Å². The van der Waals surface area contributed by atoms with Crippen LogP contribution in [0, 0.1) is 5.92 Å². The summed E-state index contributed by atoms with van der Waals surface area (Å²) < 4.78 is 5.25. The van der Waals surface area contributed by atoms with Crippen molar-refractivity contribution in [1.29, 1.82) is 0 Å². The highest BCUT2D eigenvalue weighted by Gasteiger charge is 2.26. The van der Waals surface area contributed by atoms with Crippen molar-refractivity contribution in [2.24, 2.45) is 11.7 Å². The number of nitrogens with two attached hydrogens (primary N) is 1. The second-order valence-electron chi connectivity index (χ2n) is 7.69. The van der Waals surface area contributed by atoms with Gasteiger partial charge in [0.05, 0.1) is 0 Å². The van der Waals surface area contributed by atoms with Crippen LogP contribution in [-0.2, 0) is 4.74 Å². The number of nitrogens with zero attached hydrogens (tertiary/aromatic N) is 1. The van der Waals surface area contributed by atoms with Gasteiger partial charge in [0.15, 0.2) is 0 Å². The number of alkyl carbamates (subject to hydrolysis) is 1. The smallest absolute Gasteiger partial charge is 0.407 e. The fourth-order valence-electron chi connectivity index (χ4n) is 3.09. The molecule has 1 saturated carbocycles. The van der Waals surface area contributed by atoms with E-state index in [4.69, 9.17) is 10.5 Å². The largest absolute Gasteiger partial charge is 0.444 e. The van der Waals surface area contributed by atoms with E-state index in [-0.39, 0.29) is 6.09 Å². The van der Waals surface area contributed by atoms with Gasteiger partial charge in [0.1, 0.15) is 5.60 Å². The van der Waals surface area contributed by atoms with Gasteiger partial charge in [-0.05, 0) is 65.8 Å². The highest BCUT2D eigenvalue weighted by Crippen LogP contribution is 2.27. The van der Waals surface area contributed by atoms with E-state index in [2.05, 4.69) is 24.2 Å². The molecule has 1 aliphatic carbocycles. The average Bonchev–Trinajstić information content (AvgIpc) is 2.42. The summed E-state index contributed by atoms with van der Waals surface area (Å²) in [6, 6.07) is 0.944.